The highest BCUT2D eigenvalue weighted by molar-refractivity contribution is 7.12. The molecule has 4 nitrogen and oxygen atoms in total. The van der Waals surface area contributed by atoms with Crippen LogP contribution in [-0.4, -0.2) is 54.1 Å². The topological polar surface area (TPSA) is 43.8 Å². The number of carboxylic acid groups (broad SMARTS) is 1. The van der Waals surface area contributed by atoms with Crippen molar-refractivity contribution in [3.8, 4) is 0 Å². The molecular weight excluding hydrogens is 272 g/mol. The van der Waals surface area contributed by atoms with Gasteiger partial charge in [-0.25, -0.2) is 4.79 Å². The molecule has 0 spiro atoms. The van der Waals surface area contributed by atoms with Crippen molar-refractivity contribution in [3.63, 3.8) is 0 Å². The summed E-state index contributed by atoms with van der Waals surface area (Å²) in [6.45, 7) is 5.65. The second-order valence-electron chi connectivity index (χ2n) is 5.26. The van der Waals surface area contributed by atoms with E-state index < -0.39 is 5.97 Å². The summed E-state index contributed by atoms with van der Waals surface area (Å²) in [6.07, 6.45) is 5.52. The van der Waals surface area contributed by atoms with Gasteiger partial charge in [-0.1, -0.05) is 0 Å². The molecule has 2 heterocycles. The van der Waals surface area contributed by atoms with Gasteiger partial charge in [0.25, 0.3) is 0 Å². The van der Waals surface area contributed by atoms with Gasteiger partial charge >= 0.3 is 5.97 Å². The van der Waals surface area contributed by atoms with Crippen molar-refractivity contribution < 1.29 is 9.90 Å². The van der Waals surface area contributed by atoms with Crippen molar-refractivity contribution in [1.82, 2.24) is 9.80 Å². The molecule has 0 aromatic carbocycles. The molecule has 1 aliphatic rings. The largest absolute Gasteiger partial charge is 0.478 e. The summed E-state index contributed by atoms with van der Waals surface area (Å²) in [4.78, 5) is 17.6. The van der Waals surface area contributed by atoms with Crippen molar-refractivity contribution in [2.24, 2.45) is 0 Å². The van der Waals surface area contributed by atoms with Crippen LogP contribution < -0.4 is 0 Å². The van der Waals surface area contributed by atoms with Gasteiger partial charge < -0.3 is 14.9 Å². The average molecular weight is 294 g/mol. The van der Waals surface area contributed by atoms with E-state index in [0.29, 0.717) is 0 Å². The molecule has 1 fully saturated rings. The summed E-state index contributed by atoms with van der Waals surface area (Å²) in [5.41, 5.74) is 0. The highest BCUT2D eigenvalue weighted by Crippen LogP contribution is 2.19. The molecule has 0 radical (unpaired) electrons. The molecule has 20 heavy (non-hydrogen) atoms. The molecule has 0 unspecified atom stereocenters. The lowest BCUT2D eigenvalue weighted by Gasteiger charge is -2.20. The van der Waals surface area contributed by atoms with Crippen LogP contribution in [0.25, 0.3) is 6.08 Å². The van der Waals surface area contributed by atoms with Crippen molar-refractivity contribution in [2.75, 3.05) is 33.2 Å². The van der Waals surface area contributed by atoms with Gasteiger partial charge in [-0.2, -0.15) is 0 Å². The Balaban J connectivity index is 1.75. The summed E-state index contributed by atoms with van der Waals surface area (Å²) in [6, 6.07) is 4.06. The van der Waals surface area contributed by atoms with Gasteiger partial charge in [0.1, 0.15) is 0 Å². The van der Waals surface area contributed by atoms with E-state index in [9.17, 15) is 4.79 Å². The van der Waals surface area contributed by atoms with E-state index in [1.807, 2.05) is 6.07 Å². The lowest BCUT2D eigenvalue weighted by molar-refractivity contribution is -0.131. The lowest BCUT2D eigenvalue weighted by Crippen LogP contribution is -2.30. The van der Waals surface area contributed by atoms with Gasteiger partial charge in [-0.05, 0) is 51.2 Å². The van der Waals surface area contributed by atoms with Crippen LogP contribution in [0.4, 0.5) is 0 Å². The number of hydrogen-bond acceptors (Lipinski definition) is 4. The Kier molecular flexibility index (Phi) is 5.76. The highest BCUT2D eigenvalue weighted by Gasteiger charge is 2.12. The van der Waals surface area contributed by atoms with Gasteiger partial charge in [0, 0.05) is 35.5 Å². The number of likely N-dealkylation sites (tertiary alicyclic amines) is 1. The molecule has 2 rings (SSSR count). The van der Waals surface area contributed by atoms with E-state index in [2.05, 4.69) is 22.9 Å². The van der Waals surface area contributed by atoms with Gasteiger partial charge in [0.15, 0.2) is 0 Å². The molecule has 110 valence electrons. The highest BCUT2D eigenvalue weighted by atomic mass is 32.1. The number of thiophene rings is 1. The molecule has 1 aromatic heterocycles. The van der Waals surface area contributed by atoms with E-state index in [1.165, 1.54) is 36.9 Å². The average Bonchev–Trinajstić information content (AvgIpc) is 3.05. The van der Waals surface area contributed by atoms with Crippen LogP contribution in [0.3, 0.4) is 0 Å². The zero-order valence-corrected chi connectivity index (χ0v) is 12.7. The summed E-state index contributed by atoms with van der Waals surface area (Å²) in [5.74, 6) is -0.900. The summed E-state index contributed by atoms with van der Waals surface area (Å²) < 4.78 is 0. The molecule has 0 bridgehead atoms. The Morgan fingerprint density at radius 3 is 2.90 bits per heavy atom. The third-order valence-electron chi connectivity index (χ3n) is 3.50. The first-order valence-corrected chi connectivity index (χ1v) is 7.86. The quantitative estimate of drug-likeness (QED) is 0.784. The monoisotopic (exact) mass is 294 g/mol. The number of carboxylic acids is 1. The van der Waals surface area contributed by atoms with Crippen molar-refractivity contribution >= 4 is 23.4 Å². The second-order valence-corrected chi connectivity index (χ2v) is 6.46. The maximum Gasteiger partial charge on any atom is 0.328 e. The number of hydrogen-bond donors (Lipinski definition) is 1. The van der Waals surface area contributed by atoms with Crippen LogP contribution in [0.5, 0.6) is 0 Å². The van der Waals surface area contributed by atoms with E-state index in [-0.39, 0.29) is 0 Å². The minimum Gasteiger partial charge on any atom is -0.478 e. The maximum atomic E-state index is 10.5. The molecule has 0 saturated carbocycles. The third kappa shape index (κ3) is 5.07. The molecular formula is C15H22N2O2S. The number of rotatable bonds is 7. The van der Waals surface area contributed by atoms with Crippen LogP contribution in [-0.2, 0) is 11.3 Å². The fourth-order valence-corrected chi connectivity index (χ4v) is 3.38. The summed E-state index contributed by atoms with van der Waals surface area (Å²) >= 11 is 1.66. The van der Waals surface area contributed by atoms with E-state index in [0.717, 1.165) is 24.5 Å². The molecule has 1 N–H and O–H groups in total. The smallest absolute Gasteiger partial charge is 0.328 e. The van der Waals surface area contributed by atoms with Crippen LogP contribution in [0.15, 0.2) is 18.2 Å². The predicted molar refractivity (Wildman–Crippen MR) is 83.0 cm³/mol. The molecule has 1 aromatic rings. The lowest BCUT2D eigenvalue weighted by atomic mass is 10.3. The zero-order valence-electron chi connectivity index (χ0n) is 11.9. The number of likely N-dealkylation sites (N-methyl/N-ethyl adjacent to an activating group) is 1. The summed E-state index contributed by atoms with van der Waals surface area (Å²) in [5, 5.41) is 8.61. The minimum atomic E-state index is -0.900. The van der Waals surface area contributed by atoms with Crippen LogP contribution in [0, 0.1) is 0 Å². The van der Waals surface area contributed by atoms with Crippen molar-refractivity contribution in [3.05, 3.63) is 28.0 Å². The minimum absolute atomic E-state index is 0.900. The van der Waals surface area contributed by atoms with Crippen LogP contribution >= 0.6 is 11.3 Å². The van der Waals surface area contributed by atoms with Crippen molar-refractivity contribution in [1.29, 1.82) is 0 Å². The van der Waals surface area contributed by atoms with Crippen molar-refractivity contribution in [2.45, 2.75) is 19.4 Å². The first kappa shape index (κ1) is 15.2. The number of aliphatic carboxylic acids is 1. The molecule has 0 amide bonds. The Bertz CT molecular complexity index is 464. The fraction of sp³-hybridized carbons (Fsp3) is 0.533. The van der Waals surface area contributed by atoms with E-state index >= 15 is 0 Å². The molecule has 0 aliphatic carbocycles. The fourth-order valence-electron chi connectivity index (χ4n) is 2.39. The molecule has 5 heteroatoms. The predicted octanol–water partition coefficient (Wildman–Crippen LogP) is 2.37. The molecule has 1 saturated heterocycles. The van der Waals surface area contributed by atoms with E-state index in [4.69, 9.17) is 5.11 Å². The Morgan fingerprint density at radius 2 is 2.20 bits per heavy atom. The van der Waals surface area contributed by atoms with Crippen LogP contribution in [0.2, 0.25) is 0 Å². The standard InChI is InChI=1S/C15H22N2O2S/c1-16(10-11-17-8-2-3-9-17)12-14-5-4-13(20-14)6-7-15(18)19/h4-7H,2-3,8-12H2,1H3,(H,18,19). The van der Waals surface area contributed by atoms with E-state index in [1.54, 1.807) is 17.4 Å². The van der Waals surface area contributed by atoms with Gasteiger partial charge in [0.05, 0.1) is 0 Å². The third-order valence-corrected chi connectivity index (χ3v) is 4.53. The summed E-state index contributed by atoms with van der Waals surface area (Å²) in [7, 11) is 2.14. The Labute approximate surface area is 124 Å². The Hall–Kier alpha value is -1.17. The Morgan fingerprint density at radius 1 is 1.45 bits per heavy atom. The maximum absolute atomic E-state index is 10.5. The van der Waals surface area contributed by atoms with Gasteiger partial charge in [-0.3, -0.25) is 0 Å². The number of nitrogens with zero attached hydrogens (tertiary/aromatic N) is 2. The number of carbonyl (C=O) groups is 1. The zero-order chi connectivity index (χ0) is 14.4. The molecule has 0 atom stereocenters. The van der Waals surface area contributed by atoms with Gasteiger partial charge in [0.2, 0.25) is 0 Å². The second kappa shape index (κ2) is 7.57. The SMILES string of the molecule is CN(CCN1CCCC1)Cc1ccc(C=CC(=O)O)s1. The molecule has 1 aliphatic heterocycles. The normalized spacial score (nSPS) is 16.5. The van der Waals surface area contributed by atoms with Gasteiger partial charge in [-0.15, -0.1) is 11.3 Å². The first-order valence-electron chi connectivity index (χ1n) is 7.04. The first-order chi connectivity index (χ1) is 9.63. The van der Waals surface area contributed by atoms with Crippen LogP contribution in [0.1, 0.15) is 22.6 Å².